The number of carbonyl (C=O) groups excluding carboxylic acids is 2. The molecule has 4 nitrogen and oxygen atoms in total. The van der Waals surface area contributed by atoms with E-state index in [-0.39, 0.29) is 23.8 Å². The molecule has 1 aliphatic carbocycles. The van der Waals surface area contributed by atoms with Crippen LogP contribution < -0.4 is 0 Å². The average molecular weight is 355 g/mol. The number of unbranched alkanes of at least 4 members (excludes halogenated alkanes) is 4. The lowest BCUT2D eigenvalue weighted by molar-refractivity contribution is -0.155. The van der Waals surface area contributed by atoms with Gasteiger partial charge in [0.1, 0.15) is 0 Å². The van der Waals surface area contributed by atoms with Gasteiger partial charge in [0.15, 0.2) is 0 Å². The maximum Gasteiger partial charge on any atom is 0.308 e. The molecule has 0 saturated heterocycles. The molecule has 25 heavy (non-hydrogen) atoms. The Balaban J connectivity index is 2.21. The van der Waals surface area contributed by atoms with E-state index in [9.17, 15) is 9.59 Å². The van der Waals surface area contributed by atoms with Crippen molar-refractivity contribution in [3.63, 3.8) is 0 Å². The molecule has 1 saturated carbocycles. The molecule has 0 N–H and O–H groups in total. The molecule has 1 fully saturated rings. The van der Waals surface area contributed by atoms with Gasteiger partial charge in [0, 0.05) is 0 Å². The normalized spacial score (nSPS) is 20.5. The fraction of sp³-hybridized carbons (Fsp3) is 0.905. The van der Waals surface area contributed by atoms with Gasteiger partial charge in [0.25, 0.3) is 0 Å². The molecule has 0 spiro atoms. The molecule has 0 aromatic carbocycles. The molecule has 0 bridgehead atoms. The van der Waals surface area contributed by atoms with Crippen molar-refractivity contribution >= 4 is 11.9 Å². The van der Waals surface area contributed by atoms with Crippen LogP contribution in [0, 0.1) is 17.8 Å². The first-order valence-corrected chi connectivity index (χ1v) is 10.4. The van der Waals surface area contributed by atoms with Crippen LogP contribution in [0.2, 0.25) is 0 Å². The summed E-state index contributed by atoms with van der Waals surface area (Å²) in [5.74, 6) is 0.135. The summed E-state index contributed by atoms with van der Waals surface area (Å²) >= 11 is 0. The molecule has 0 amide bonds. The zero-order valence-electron chi connectivity index (χ0n) is 16.6. The van der Waals surface area contributed by atoms with Crippen molar-refractivity contribution in [1.29, 1.82) is 0 Å². The molecule has 0 radical (unpaired) electrons. The fourth-order valence-electron chi connectivity index (χ4n) is 3.40. The number of esters is 2. The molecular formula is C21H38O4. The zero-order chi connectivity index (χ0) is 18.5. The largest absolute Gasteiger partial charge is 0.465 e. The van der Waals surface area contributed by atoms with E-state index in [1.807, 2.05) is 0 Å². The van der Waals surface area contributed by atoms with Gasteiger partial charge in [0.05, 0.1) is 25.0 Å². The molecule has 146 valence electrons. The van der Waals surface area contributed by atoms with Gasteiger partial charge < -0.3 is 9.47 Å². The SMILES string of the molecule is CCCCCCCOC(=O)C1CCCC(C(=O)OCCCC(C)C)C1. The van der Waals surface area contributed by atoms with Crippen LogP contribution in [-0.4, -0.2) is 25.2 Å². The van der Waals surface area contributed by atoms with Gasteiger partial charge in [0.2, 0.25) is 0 Å². The number of ether oxygens (including phenoxy) is 2. The first-order chi connectivity index (χ1) is 12.0. The minimum absolute atomic E-state index is 0.118. The average Bonchev–Trinajstić information content (AvgIpc) is 2.61. The molecule has 1 rings (SSSR count). The Hall–Kier alpha value is -1.06. The van der Waals surface area contributed by atoms with Crippen LogP contribution in [0.4, 0.5) is 0 Å². The first-order valence-electron chi connectivity index (χ1n) is 10.4. The number of hydrogen-bond donors (Lipinski definition) is 0. The number of rotatable bonds is 12. The summed E-state index contributed by atoms with van der Waals surface area (Å²) in [4.78, 5) is 24.4. The molecule has 4 heteroatoms. The predicted octanol–water partition coefficient (Wildman–Crippen LogP) is 5.29. The molecule has 0 heterocycles. The lowest BCUT2D eigenvalue weighted by Crippen LogP contribution is -2.30. The molecule has 2 unspecified atom stereocenters. The molecule has 1 aliphatic rings. The smallest absolute Gasteiger partial charge is 0.308 e. The van der Waals surface area contributed by atoms with Crippen LogP contribution in [0.15, 0.2) is 0 Å². The second-order valence-electron chi connectivity index (χ2n) is 7.85. The standard InChI is InChI=1S/C21H38O4/c1-4-5-6-7-8-14-24-20(22)18-12-9-13-19(16-18)21(23)25-15-10-11-17(2)3/h17-19H,4-16H2,1-3H3. The van der Waals surface area contributed by atoms with Gasteiger partial charge in [-0.2, -0.15) is 0 Å². The summed E-state index contributed by atoms with van der Waals surface area (Å²) in [5.41, 5.74) is 0. The van der Waals surface area contributed by atoms with Crippen molar-refractivity contribution < 1.29 is 19.1 Å². The minimum Gasteiger partial charge on any atom is -0.465 e. The van der Waals surface area contributed by atoms with E-state index >= 15 is 0 Å². The summed E-state index contributed by atoms with van der Waals surface area (Å²) < 4.78 is 10.8. The predicted molar refractivity (Wildman–Crippen MR) is 100 cm³/mol. The summed E-state index contributed by atoms with van der Waals surface area (Å²) in [6.45, 7) is 7.55. The summed E-state index contributed by atoms with van der Waals surface area (Å²) in [5, 5.41) is 0. The van der Waals surface area contributed by atoms with E-state index in [0.29, 0.717) is 25.6 Å². The van der Waals surface area contributed by atoms with Crippen LogP contribution >= 0.6 is 0 Å². The van der Waals surface area contributed by atoms with Crippen LogP contribution in [0.3, 0.4) is 0 Å². The van der Waals surface area contributed by atoms with Gasteiger partial charge in [-0.1, -0.05) is 52.9 Å². The Bertz CT molecular complexity index is 378. The second-order valence-corrected chi connectivity index (χ2v) is 7.85. The number of hydrogen-bond acceptors (Lipinski definition) is 4. The van der Waals surface area contributed by atoms with Gasteiger partial charge in [-0.05, 0) is 44.4 Å². The molecular weight excluding hydrogens is 316 g/mol. The highest BCUT2D eigenvalue weighted by Crippen LogP contribution is 2.31. The molecule has 0 aromatic rings. The Morgan fingerprint density at radius 3 is 2.00 bits per heavy atom. The summed E-state index contributed by atoms with van der Waals surface area (Å²) in [6, 6.07) is 0. The third-order valence-corrected chi connectivity index (χ3v) is 5.00. The Labute approximate surface area is 154 Å². The quantitative estimate of drug-likeness (QED) is 0.353. The zero-order valence-corrected chi connectivity index (χ0v) is 16.6. The summed E-state index contributed by atoms with van der Waals surface area (Å²) in [7, 11) is 0. The van der Waals surface area contributed by atoms with Gasteiger partial charge in [-0.15, -0.1) is 0 Å². The van der Waals surface area contributed by atoms with Gasteiger partial charge >= 0.3 is 11.9 Å². The van der Waals surface area contributed by atoms with Gasteiger partial charge in [-0.25, -0.2) is 0 Å². The maximum absolute atomic E-state index is 12.2. The molecule has 0 aromatic heterocycles. The van der Waals surface area contributed by atoms with Crippen LogP contribution in [-0.2, 0) is 19.1 Å². The van der Waals surface area contributed by atoms with E-state index in [1.54, 1.807) is 0 Å². The van der Waals surface area contributed by atoms with E-state index < -0.39 is 0 Å². The van der Waals surface area contributed by atoms with Crippen LogP contribution in [0.5, 0.6) is 0 Å². The number of carbonyl (C=O) groups is 2. The lowest BCUT2D eigenvalue weighted by atomic mass is 9.81. The topological polar surface area (TPSA) is 52.6 Å². The third kappa shape index (κ3) is 9.86. The minimum atomic E-state index is -0.130. The fourth-order valence-corrected chi connectivity index (χ4v) is 3.40. The van der Waals surface area contributed by atoms with E-state index in [1.165, 1.54) is 19.3 Å². The van der Waals surface area contributed by atoms with E-state index in [2.05, 4.69) is 20.8 Å². The van der Waals surface area contributed by atoms with Crippen molar-refractivity contribution in [2.24, 2.45) is 17.8 Å². The van der Waals surface area contributed by atoms with E-state index in [4.69, 9.17) is 9.47 Å². The van der Waals surface area contributed by atoms with Crippen molar-refractivity contribution in [2.45, 2.75) is 91.4 Å². The van der Waals surface area contributed by atoms with Gasteiger partial charge in [-0.3, -0.25) is 9.59 Å². The highest BCUT2D eigenvalue weighted by atomic mass is 16.5. The lowest BCUT2D eigenvalue weighted by Gasteiger charge is -2.26. The highest BCUT2D eigenvalue weighted by Gasteiger charge is 2.32. The third-order valence-electron chi connectivity index (χ3n) is 5.00. The van der Waals surface area contributed by atoms with Crippen molar-refractivity contribution in [2.75, 3.05) is 13.2 Å². The monoisotopic (exact) mass is 354 g/mol. The highest BCUT2D eigenvalue weighted by molar-refractivity contribution is 5.76. The van der Waals surface area contributed by atoms with Crippen LogP contribution in [0.1, 0.15) is 91.4 Å². The Kier molecular flexibility index (Phi) is 11.6. The Morgan fingerprint density at radius 2 is 1.44 bits per heavy atom. The van der Waals surface area contributed by atoms with Crippen molar-refractivity contribution in [3.05, 3.63) is 0 Å². The second kappa shape index (κ2) is 13.2. The van der Waals surface area contributed by atoms with Crippen LogP contribution in [0.25, 0.3) is 0 Å². The summed E-state index contributed by atoms with van der Waals surface area (Å²) in [6.07, 6.45) is 10.9. The molecule has 0 aliphatic heterocycles. The molecule has 2 atom stereocenters. The van der Waals surface area contributed by atoms with E-state index in [0.717, 1.165) is 44.9 Å². The van der Waals surface area contributed by atoms with Crippen molar-refractivity contribution in [3.8, 4) is 0 Å². The first kappa shape index (κ1) is 22.0. The Morgan fingerprint density at radius 1 is 0.880 bits per heavy atom. The van der Waals surface area contributed by atoms with Crippen molar-refractivity contribution in [1.82, 2.24) is 0 Å². The maximum atomic E-state index is 12.2.